The number of hydrogen-bond acceptors (Lipinski definition) is 7. The van der Waals surface area contributed by atoms with Gasteiger partial charge in [0.25, 0.3) is 0 Å². The topological polar surface area (TPSA) is 197 Å². The van der Waals surface area contributed by atoms with Crippen LogP contribution in [0.2, 0.25) is 0 Å². The quantitative estimate of drug-likeness (QED) is 0.158. The maximum absolute atomic E-state index is 12.4. The number of carboxylic acids is 1. The van der Waals surface area contributed by atoms with E-state index in [2.05, 4.69) is 16.0 Å². The molecule has 11 heteroatoms. The fourth-order valence-corrected chi connectivity index (χ4v) is 2.45. The summed E-state index contributed by atoms with van der Waals surface area (Å²) in [5.74, 6) is -3.30. The first kappa shape index (κ1) is 26.8. The van der Waals surface area contributed by atoms with Crippen LogP contribution in [0.25, 0.3) is 0 Å². The number of rotatable bonds is 14. The first-order valence-corrected chi connectivity index (χ1v) is 9.79. The van der Waals surface area contributed by atoms with E-state index in [-0.39, 0.29) is 5.92 Å². The van der Waals surface area contributed by atoms with Gasteiger partial charge in [0, 0.05) is 0 Å². The number of hydrogen-bond donors (Lipinski definition) is 7. The summed E-state index contributed by atoms with van der Waals surface area (Å²) in [5.41, 5.74) is 11.4. The molecular formula is C18H35N5O6. The van der Waals surface area contributed by atoms with Gasteiger partial charge in [0.15, 0.2) is 6.04 Å². The molecule has 0 rings (SSSR count). The number of nitrogens with two attached hydrogens (primary N) is 2. The highest BCUT2D eigenvalue weighted by molar-refractivity contribution is 5.92. The molecule has 5 atom stereocenters. The molecule has 0 aromatic carbocycles. The van der Waals surface area contributed by atoms with Gasteiger partial charge in [-0.1, -0.05) is 20.3 Å². The first-order valence-electron chi connectivity index (χ1n) is 9.79. The summed E-state index contributed by atoms with van der Waals surface area (Å²) in [6.07, 6.45) is 0.953. The second-order valence-electron chi connectivity index (χ2n) is 7.10. The van der Waals surface area contributed by atoms with E-state index in [1.165, 1.54) is 6.92 Å². The maximum atomic E-state index is 12.4. The summed E-state index contributed by atoms with van der Waals surface area (Å²) in [4.78, 5) is 47.6. The van der Waals surface area contributed by atoms with E-state index in [9.17, 15) is 24.3 Å². The molecule has 0 spiro atoms. The molecule has 0 aliphatic heterocycles. The van der Waals surface area contributed by atoms with Crippen LogP contribution in [-0.4, -0.2) is 71.2 Å². The third kappa shape index (κ3) is 10.2. The van der Waals surface area contributed by atoms with Crippen molar-refractivity contribution in [2.45, 2.75) is 70.7 Å². The molecule has 9 N–H and O–H groups in total. The minimum Gasteiger partial charge on any atom is -0.480 e. The molecule has 0 saturated carbocycles. The minimum absolute atomic E-state index is 0.0676. The lowest BCUT2D eigenvalue weighted by Crippen LogP contribution is -2.55. The Labute approximate surface area is 171 Å². The lowest BCUT2D eigenvalue weighted by atomic mass is 9.98. The predicted molar refractivity (Wildman–Crippen MR) is 107 cm³/mol. The number of carbonyl (C=O) groups is 4. The number of aliphatic hydroxyl groups is 1. The number of aliphatic carboxylic acids is 1. The maximum Gasteiger partial charge on any atom is 0.328 e. The zero-order chi connectivity index (χ0) is 22.6. The molecule has 168 valence electrons. The van der Waals surface area contributed by atoms with E-state index in [4.69, 9.17) is 16.6 Å². The molecule has 3 amide bonds. The monoisotopic (exact) mass is 417 g/mol. The zero-order valence-electron chi connectivity index (χ0n) is 17.3. The molecule has 5 unspecified atom stereocenters. The van der Waals surface area contributed by atoms with Gasteiger partial charge >= 0.3 is 5.97 Å². The molecule has 0 aromatic rings. The van der Waals surface area contributed by atoms with Crippen molar-refractivity contribution >= 4 is 23.7 Å². The fourth-order valence-electron chi connectivity index (χ4n) is 2.45. The average molecular weight is 418 g/mol. The molecule has 0 aliphatic carbocycles. The molecule has 11 nitrogen and oxygen atoms in total. The van der Waals surface area contributed by atoms with Crippen molar-refractivity contribution in [3.8, 4) is 0 Å². The van der Waals surface area contributed by atoms with Crippen molar-refractivity contribution in [2.24, 2.45) is 17.4 Å². The predicted octanol–water partition coefficient (Wildman–Crippen LogP) is -1.96. The normalized spacial score (nSPS) is 16.1. The van der Waals surface area contributed by atoms with Crippen molar-refractivity contribution in [2.75, 3.05) is 13.1 Å². The third-order valence-electron chi connectivity index (χ3n) is 4.63. The zero-order valence-corrected chi connectivity index (χ0v) is 17.3. The van der Waals surface area contributed by atoms with E-state index in [1.807, 2.05) is 13.8 Å². The van der Waals surface area contributed by atoms with E-state index in [0.29, 0.717) is 32.2 Å². The Morgan fingerprint density at radius 2 is 1.66 bits per heavy atom. The number of nitrogens with one attached hydrogen (secondary N) is 3. The Hall–Kier alpha value is -2.24. The van der Waals surface area contributed by atoms with Crippen LogP contribution in [0.3, 0.4) is 0 Å². The second kappa shape index (κ2) is 13.9. The van der Waals surface area contributed by atoms with E-state index in [0.717, 1.165) is 0 Å². The molecular weight excluding hydrogens is 382 g/mol. The number of carboxylic acid groups (broad SMARTS) is 1. The third-order valence-corrected chi connectivity index (χ3v) is 4.63. The molecule has 0 radical (unpaired) electrons. The minimum atomic E-state index is -1.49. The van der Waals surface area contributed by atoms with Crippen LogP contribution >= 0.6 is 0 Å². The van der Waals surface area contributed by atoms with Crippen molar-refractivity contribution in [1.82, 2.24) is 16.0 Å². The van der Waals surface area contributed by atoms with Gasteiger partial charge in [0.05, 0.1) is 18.7 Å². The molecule has 0 fully saturated rings. The average Bonchev–Trinajstić information content (AvgIpc) is 2.67. The largest absolute Gasteiger partial charge is 0.480 e. The second-order valence-corrected chi connectivity index (χ2v) is 7.10. The highest BCUT2D eigenvalue weighted by atomic mass is 16.4. The van der Waals surface area contributed by atoms with Crippen molar-refractivity contribution in [3.05, 3.63) is 0 Å². The number of unbranched alkanes of at least 4 members (excludes halogenated alkanes) is 1. The highest BCUT2D eigenvalue weighted by Crippen LogP contribution is 2.07. The van der Waals surface area contributed by atoms with Crippen LogP contribution in [0.15, 0.2) is 0 Å². The van der Waals surface area contributed by atoms with Crippen LogP contribution in [0.5, 0.6) is 0 Å². The van der Waals surface area contributed by atoms with Gasteiger partial charge in [-0.25, -0.2) is 4.79 Å². The summed E-state index contributed by atoms with van der Waals surface area (Å²) in [6, 6.07) is -3.16. The first-order chi connectivity index (χ1) is 13.5. The van der Waals surface area contributed by atoms with E-state index < -0.39 is 54.5 Å². The highest BCUT2D eigenvalue weighted by Gasteiger charge is 2.27. The van der Waals surface area contributed by atoms with E-state index in [1.54, 1.807) is 0 Å². The van der Waals surface area contributed by atoms with Crippen molar-refractivity contribution < 1.29 is 29.4 Å². The summed E-state index contributed by atoms with van der Waals surface area (Å²) in [5, 5.41) is 25.4. The van der Waals surface area contributed by atoms with E-state index >= 15 is 0 Å². The van der Waals surface area contributed by atoms with Crippen LogP contribution < -0.4 is 27.4 Å². The Balaban J connectivity index is 4.88. The summed E-state index contributed by atoms with van der Waals surface area (Å²) >= 11 is 0. The van der Waals surface area contributed by atoms with Gasteiger partial charge < -0.3 is 37.6 Å². The summed E-state index contributed by atoms with van der Waals surface area (Å²) in [7, 11) is 0. The number of amides is 3. The Bertz CT molecular complexity index is 557. The summed E-state index contributed by atoms with van der Waals surface area (Å²) < 4.78 is 0. The van der Waals surface area contributed by atoms with Gasteiger partial charge in [-0.2, -0.15) is 0 Å². The van der Waals surface area contributed by atoms with Gasteiger partial charge in [-0.15, -0.1) is 0 Å². The van der Waals surface area contributed by atoms with Gasteiger partial charge in [0.1, 0.15) is 6.04 Å². The van der Waals surface area contributed by atoms with Gasteiger partial charge in [-0.05, 0) is 38.6 Å². The standard InChI is InChI=1S/C18H35N5O6/c1-4-10(2)14(20)17(27)22-12(7-5-6-8-19)16(26)21-9-13(25)23-15(11(3)24)18(28)29/h10-12,14-15,24H,4-9,19-20H2,1-3H3,(H,21,26)(H,22,27)(H,23,25)(H,28,29). The van der Waals surface area contributed by atoms with Crippen molar-refractivity contribution in [3.63, 3.8) is 0 Å². The lowest BCUT2D eigenvalue weighted by molar-refractivity contribution is -0.144. The number of aliphatic hydroxyl groups excluding tert-OH is 1. The smallest absolute Gasteiger partial charge is 0.328 e. The Morgan fingerprint density at radius 1 is 1.03 bits per heavy atom. The molecule has 0 aromatic heterocycles. The van der Waals surface area contributed by atoms with Gasteiger partial charge in [-0.3, -0.25) is 14.4 Å². The Kier molecular flexibility index (Phi) is 12.8. The fraction of sp³-hybridized carbons (Fsp3) is 0.778. The SMILES string of the molecule is CCC(C)C(N)C(=O)NC(CCCCN)C(=O)NCC(=O)NC(C(=O)O)C(C)O. The molecule has 29 heavy (non-hydrogen) atoms. The van der Waals surface area contributed by atoms with Gasteiger partial charge in [0.2, 0.25) is 17.7 Å². The van der Waals surface area contributed by atoms with Crippen LogP contribution in [0, 0.1) is 5.92 Å². The molecule has 0 heterocycles. The van der Waals surface area contributed by atoms with Crippen LogP contribution in [0.4, 0.5) is 0 Å². The number of carbonyl (C=O) groups excluding carboxylic acids is 3. The molecule has 0 bridgehead atoms. The van der Waals surface area contributed by atoms with Crippen LogP contribution in [-0.2, 0) is 19.2 Å². The molecule has 0 aliphatic rings. The lowest BCUT2D eigenvalue weighted by Gasteiger charge is -2.23. The van der Waals surface area contributed by atoms with Crippen LogP contribution in [0.1, 0.15) is 46.5 Å². The summed E-state index contributed by atoms with van der Waals surface area (Å²) in [6.45, 7) is 4.89. The Morgan fingerprint density at radius 3 is 2.14 bits per heavy atom. The van der Waals surface area contributed by atoms with Crippen molar-refractivity contribution in [1.29, 1.82) is 0 Å². The molecule has 0 saturated heterocycles.